The zero-order valence-corrected chi connectivity index (χ0v) is 9.53. The summed E-state index contributed by atoms with van der Waals surface area (Å²) in [7, 11) is 0. The molecule has 1 amide bonds. The second kappa shape index (κ2) is 4.79. The van der Waals surface area contributed by atoms with Gasteiger partial charge in [-0.05, 0) is 45.0 Å². The zero-order chi connectivity index (χ0) is 13.1. The fourth-order valence-corrected chi connectivity index (χ4v) is 1.04. The minimum absolute atomic E-state index is 0.278. The van der Waals surface area contributed by atoms with Gasteiger partial charge in [0.2, 0.25) is 0 Å². The van der Waals surface area contributed by atoms with Gasteiger partial charge in [0.15, 0.2) is 0 Å². The van der Waals surface area contributed by atoms with E-state index in [0.717, 1.165) is 0 Å². The third-order valence-corrected chi connectivity index (χ3v) is 1.65. The Morgan fingerprint density at radius 2 is 1.94 bits per heavy atom. The average molecular weight is 222 g/mol. The van der Waals surface area contributed by atoms with Crippen LogP contribution in [-0.4, -0.2) is 18.0 Å². The van der Waals surface area contributed by atoms with Crippen molar-refractivity contribution in [1.29, 1.82) is 0 Å². The summed E-state index contributed by atoms with van der Waals surface area (Å²) >= 11 is 0. The first kappa shape index (κ1) is 10.7. The van der Waals surface area contributed by atoms with Crippen LogP contribution in [0.5, 0.6) is 0 Å². The summed E-state index contributed by atoms with van der Waals surface area (Å²) in [6, 6.07) is 6.04. The monoisotopic (exact) mass is 222 g/mol. The minimum Gasteiger partial charge on any atom is -0.444 e. The van der Waals surface area contributed by atoms with Crippen molar-refractivity contribution in [3.8, 4) is 0 Å². The Labute approximate surface area is 96.0 Å². The van der Waals surface area contributed by atoms with Gasteiger partial charge in [-0.2, -0.15) is 0 Å². The lowest BCUT2D eigenvalue weighted by atomic mass is 10.2. The van der Waals surface area contributed by atoms with Crippen LogP contribution in [0, 0.1) is 0 Å². The Bertz CT molecular complexity index is 420. The molecule has 0 aromatic heterocycles. The minimum atomic E-state index is -0.756. The van der Waals surface area contributed by atoms with Gasteiger partial charge in [0.1, 0.15) is 13.2 Å². The van der Waals surface area contributed by atoms with Crippen LogP contribution in [0.2, 0.25) is 0 Å². The summed E-state index contributed by atoms with van der Waals surface area (Å²) in [5, 5.41) is 2.53. The van der Waals surface area contributed by atoms with Gasteiger partial charge in [0, 0.05) is 11.3 Å². The number of anilines is 1. The van der Waals surface area contributed by atoms with Crippen molar-refractivity contribution in [2.24, 2.45) is 0 Å². The van der Waals surface area contributed by atoms with Gasteiger partial charge >= 0.3 is 6.09 Å². The molecule has 0 saturated carbocycles. The molecular formula is C12H15NO3. The molecule has 0 saturated heterocycles. The van der Waals surface area contributed by atoms with Crippen LogP contribution in [-0.2, 0) is 4.74 Å². The molecule has 0 atom stereocenters. The maximum Gasteiger partial charge on any atom is 0.412 e. The molecule has 1 rings (SSSR count). The Hall–Kier alpha value is -1.84. The number of nitrogens with one attached hydrogen (secondary N) is 1. The van der Waals surface area contributed by atoms with Crippen LogP contribution >= 0.6 is 0 Å². The summed E-state index contributed by atoms with van der Waals surface area (Å²) in [6.45, 7) is 5.32. The van der Waals surface area contributed by atoms with Crippen molar-refractivity contribution in [1.82, 2.24) is 0 Å². The summed E-state index contributed by atoms with van der Waals surface area (Å²) in [5.74, 6) is 0. The highest BCUT2D eigenvalue weighted by Crippen LogP contribution is 2.12. The molecule has 1 N–H and O–H groups in total. The molecule has 1 aromatic rings. The standard InChI is InChI=1S/C12H15NO3/c1-12(2,3)16-11(15)13-10-6-4-9(8-14)5-7-10/h4-8H,1-3H3,(H,13,15)/i8D. The van der Waals surface area contributed by atoms with Gasteiger partial charge in [-0.15, -0.1) is 0 Å². The Morgan fingerprint density at radius 1 is 1.38 bits per heavy atom. The van der Waals surface area contributed by atoms with E-state index in [1.165, 1.54) is 12.1 Å². The van der Waals surface area contributed by atoms with E-state index in [1.54, 1.807) is 32.9 Å². The molecule has 0 radical (unpaired) electrons. The number of aldehydes is 1. The summed E-state index contributed by atoms with van der Waals surface area (Å²) in [5.41, 5.74) is 0.241. The second-order valence-electron chi connectivity index (χ2n) is 4.31. The molecule has 4 heteroatoms. The molecule has 0 aliphatic carbocycles. The first-order chi connectivity index (χ1) is 7.78. The van der Waals surface area contributed by atoms with E-state index in [-0.39, 0.29) is 5.56 Å². The van der Waals surface area contributed by atoms with Crippen LogP contribution in [0.4, 0.5) is 10.5 Å². The predicted octanol–water partition coefficient (Wildman–Crippen LogP) is 2.85. The molecule has 0 aliphatic heterocycles. The second-order valence-corrected chi connectivity index (χ2v) is 4.31. The van der Waals surface area contributed by atoms with E-state index in [0.29, 0.717) is 5.69 Å². The van der Waals surface area contributed by atoms with Gasteiger partial charge in [0.05, 0.1) is 0 Å². The van der Waals surface area contributed by atoms with Crippen molar-refractivity contribution < 1.29 is 15.7 Å². The topological polar surface area (TPSA) is 55.4 Å². The lowest BCUT2D eigenvalue weighted by molar-refractivity contribution is 0.0636. The van der Waals surface area contributed by atoms with E-state index in [2.05, 4.69) is 5.32 Å². The predicted molar refractivity (Wildman–Crippen MR) is 61.7 cm³/mol. The lowest BCUT2D eigenvalue weighted by Crippen LogP contribution is -2.27. The first-order valence-corrected chi connectivity index (χ1v) is 4.89. The van der Waals surface area contributed by atoms with E-state index in [9.17, 15) is 9.59 Å². The van der Waals surface area contributed by atoms with Gasteiger partial charge in [-0.3, -0.25) is 10.1 Å². The smallest absolute Gasteiger partial charge is 0.412 e. The SMILES string of the molecule is [2H]C(=O)c1ccc(NC(=O)OC(C)(C)C)cc1. The molecule has 0 aliphatic rings. The molecule has 1 aromatic carbocycles. The van der Waals surface area contributed by atoms with Crippen LogP contribution in [0.25, 0.3) is 0 Å². The summed E-state index contributed by atoms with van der Waals surface area (Å²) in [4.78, 5) is 22.1. The normalized spacial score (nSPS) is 11.6. The highest BCUT2D eigenvalue weighted by Gasteiger charge is 2.15. The fourth-order valence-electron chi connectivity index (χ4n) is 1.04. The first-order valence-electron chi connectivity index (χ1n) is 5.39. The van der Waals surface area contributed by atoms with Crippen molar-refractivity contribution in [3.05, 3.63) is 29.8 Å². The molecule has 0 heterocycles. The highest BCUT2D eigenvalue weighted by molar-refractivity contribution is 5.85. The number of amides is 1. The van der Waals surface area contributed by atoms with Crippen LogP contribution in [0.15, 0.2) is 24.3 Å². The number of hydrogen-bond acceptors (Lipinski definition) is 3. The van der Waals surface area contributed by atoms with E-state index in [4.69, 9.17) is 6.11 Å². The van der Waals surface area contributed by atoms with E-state index < -0.39 is 18.0 Å². The fraction of sp³-hybridized carbons (Fsp3) is 0.333. The molecule has 86 valence electrons. The van der Waals surface area contributed by atoms with Crippen LogP contribution < -0.4 is 5.32 Å². The molecule has 0 spiro atoms. The van der Waals surface area contributed by atoms with Crippen molar-refractivity contribution in [2.45, 2.75) is 26.4 Å². The Balaban J connectivity index is 2.64. The van der Waals surface area contributed by atoms with Gasteiger partial charge in [-0.25, -0.2) is 4.79 Å². The number of hydrogen-bond donors (Lipinski definition) is 1. The molecule has 0 fully saturated rings. The quantitative estimate of drug-likeness (QED) is 0.783. The molecule has 16 heavy (non-hydrogen) atoms. The molecule has 4 nitrogen and oxygen atoms in total. The zero-order valence-electron chi connectivity index (χ0n) is 10.5. The largest absolute Gasteiger partial charge is 0.444 e. The van der Waals surface area contributed by atoms with Crippen molar-refractivity contribution in [3.63, 3.8) is 0 Å². The molecule has 0 unspecified atom stereocenters. The van der Waals surface area contributed by atoms with Gasteiger partial charge in [-0.1, -0.05) is 0 Å². The number of ether oxygens (including phenoxy) is 1. The van der Waals surface area contributed by atoms with Gasteiger partial charge < -0.3 is 4.74 Å². The Kier molecular flexibility index (Phi) is 3.19. The number of benzene rings is 1. The maximum absolute atomic E-state index is 11.4. The maximum atomic E-state index is 11.4. The van der Waals surface area contributed by atoms with Crippen molar-refractivity contribution >= 4 is 18.0 Å². The number of carbonyl (C=O) groups is 2. The third kappa shape index (κ3) is 4.13. The van der Waals surface area contributed by atoms with Crippen molar-refractivity contribution in [2.75, 3.05) is 5.32 Å². The lowest BCUT2D eigenvalue weighted by Gasteiger charge is -2.19. The summed E-state index contributed by atoms with van der Waals surface area (Å²) in [6.07, 6.45) is -1.31. The third-order valence-electron chi connectivity index (χ3n) is 1.65. The van der Waals surface area contributed by atoms with Crippen LogP contribution in [0.3, 0.4) is 0 Å². The Morgan fingerprint density at radius 3 is 2.38 bits per heavy atom. The van der Waals surface area contributed by atoms with E-state index in [1.807, 2.05) is 0 Å². The van der Waals surface area contributed by atoms with E-state index >= 15 is 0 Å². The molecular weight excluding hydrogens is 206 g/mol. The number of rotatable bonds is 2. The highest BCUT2D eigenvalue weighted by atomic mass is 16.6. The molecule has 0 bridgehead atoms. The van der Waals surface area contributed by atoms with Gasteiger partial charge in [0.25, 0.3) is 0 Å². The number of carbonyl (C=O) groups excluding carboxylic acids is 2. The van der Waals surface area contributed by atoms with Crippen LogP contribution in [0.1, 0.15) is 32.5 Å². The summed E-state index contributed by atoms with van der Waals surface area (Å²) < 4.78 is 12.0. The average Bonchev–Trinajstić information content (AvgIpc) is 2.15.